The van der Waals surface area contributed by atoms with Gasteiger partial charge in [0.1, 0.15) is 0 Å². The molecule has 102 valence electrons. The van der Waals surface area contributed by atoms with Crippen molar-refractivity contribution < 1.29 is 0 Å². The molecule has 0 radical (unpaired) electrons. The van der Waals surface area contributed by atoms with Crippen molar-refractivity contribution in [2.75, 3.05) is 13.1 Å². The summed E-state index contributed by atoms with van der Waals surface area (Å²) >= 11 is 6.30. The summed E-state index contributed by atoms with van der Waals surface area (Å²) in [6.45, 7) is 7.13. The molecule has 2 unspecified atom stereocenters. The Morgan fingerprint density at radius 1 is 1.56 bits per heavy atom. The van der Waals surface area contributed by atoms with Gasteiger partial charge in [-0.15, -0.1) is 0 Å². The van der Waals surface area contributed by atoms with E-state index in [9.17, 15) is 0 Å². The molecule has 2 rings (SSSR count). The second-order valence-corrected chi connectivity index (χ2v) is 5.84. The topological polar surface area (TPSA) is 47.1 Å². The normalized spacial score (nSPS) is 23.3. The van der Waals surface area contributed by atoms with Crippen LogP contribution in [0.3, 0.4) is 0 Å². The summed E-state index contributed by atoms with van der Waals surface area (Å²) in [5.41, 5.74) is 8.04. The Hall–Kier alpha value is -0.580. The number of halogens is 1. The van der Waals surface area contributed by atoms with E-state index >= 15 is 0 Å². The lowest BCUT2D eigenvalue weighted by atomic mass is 9.92. The largest absolute Gasteiger partial charge is 0.328 e. The van der Waals surface area contributed by atoms with Crippen molar-refractivity contribution in [1.82, 2.24) is 14.7 Å². The average molecular weight is 271 g/mol. The third-order valence-electron chi connectivity index (χ3n) is 3.92. The molecule has 1 aliphatic heterocycles. The van der Waals surface area contributed by atoms with Crippen LogP contribution >= 0.6 is 11.6 Å². The van der Waals surface area contributed by atoms with E-state index in [0.29, 0.717) is 5.92 Å². The smallest absolute Gasteiger partial charge is 0.0860 e. The van der Waals surface area contributed by atoms with E-state index < -0.39 is 0 Å². The van der Waals surface area contributed by atoms with Crippen LogP contribution < -0.4 is 5.73 Å². The van der Waals surface area contributed by atoms with Gasteiger partial charge in [-0.3, -0.25) is 9.58 Å². The molecular weight excluding hydrogens is 248 g/mol. The van der Waals surface area contributed by atoms with E-state index in [-0.39, 0.29) is 6.04 Å². The van der Waals surface area contributed by atoms with Crippen LogP contribution in [-0.4, -0.2) is 33.8 Å². The third kappa shape index (κ3) is 2.87. The molecule has 1 saturated heterocycles. The molecule has 1 fully saturated rings. The average Bonchev–Trinajstić information content (AvgIpc) is 2.56. The number of aryl methyl sites for hydroxylation is 2. The highest BCUT2D eigenvalue weighted by Crippen LogP contribution is 2.24. The zero-order valence-electron chi connectivity index (χ0n) is 11.5. The highest BCUT2D eigenvalue weighted by Gasteiger charge is 2.24. The number of likely N-dealkylation sites (tertiary alicyclic amines) is 1. The summed E-state index contributed by atoms with van der Waals surface area (Å²) in [6, 6.07) is 0.275. The van der Waals surface area contributed by atoms with Crippen LogP contribution in [-0.2, 0) is 13.6 Å². The van der Waals surface area contributed by atoms with E-state index in [4.69, 9.17) is 17.3 Å². The van der Waals surface area contributed by atoms with Gasteiger partial charge in [0.2, 0.25) is 0 Å². The van der Waals surface area contributed by atoms with Crippen molar-refractivity contribution in [3.8, 4) is 0 Å². The predicted octanol–water partition coefficient (Wildman–Crippen LogP) is 1.94. The highest BCUT2D eigenvalue weighted by atomic mass is 35.5. The summed E-state index contributed by atoms with van der Waals surface area (Å²) < 4.78 is 1.90. The van der Waals surface area contributed by atoms with Crippen LogP contribution in [0.5, 0.6) is 0 Å². The van der Waals surface area contributed by atoms with Crippen molar-refractivity contribution in [2.24, 2.45) is 18.7 Å². The van der Waals surface area contributed by atoms with Gasteiger partial charge in [-0.2, -0.15) is 5.10 Å². The van der Waals surface area contributed by atoms with Crippen molar-refractivity contribution in [1.29, 1.82) is 0 Å². The molecule has 2 atom stereocenters. The minimum atomic E-state index is 0.275. The van der Waals surface area contributed by atoms with Crippen LogP contribution in [0, 0.1) is 12.8 Å². The maximum absolute atomic E-state index is 6.30. The molecule has 2 N–H and O–H groups in total. The number of nitrogens with two attached hydrogens (primary N) is 1. The van der Waals surface area contributed by atoms with Crippen molar-refractivity contribution in [3.63, 3.8) is 0 Å². The zero-order chi connectivity index (χ0) is 13.3. The van der Waals surface area contributed by atoms with Gasteiger partial charge in [-0.05, 0) is 39.2 Å². The summed E-state index contributed by atoms with van der Waals surface area (Å²) in [4.78, 5) is 2.44. The van der Waals surface area contributed by atoms with E-state index in [1.165, 1.54) is 12.8 Å². The second-order valence-electron chi connectivity index (χ2n) is 5.47. The van der Waals surface area contributed by atoms with Gasteiger partial charge >= 0.3 is 0 Å². The number of nitrogens with zero attached hydrogens (tertiary/aromatic N) is 3. The molecule has 5 heteroatoms. The lowest BCUT2D eigenvalue weighted by Gasteiger charge is -2.34. The summed E-state index contributed by atoms with van der Waals surface area (Å²) in [6.07, 6.45) is 2.47. The fourth-order valence-corrected chi connectivity index (χ4v) is 2.95. The highest BCUT2D eigenvalue weighted by molar-refractivity contribution is 6.31. The van der Waals surface area contributed by atoms with Gasteiger partial charge in [0.25, 0.3) is 0 Å². The van der Waals surface area contributed by atoms with Gasteiger partial charge in [0.05, 0.1) is 16.4 Å². The van der Waals surface area contributed by atoms with Crippen LogP contribution in [0.4, 0.5) is 0 Å². The Balaban J connectivity index is 2.05. The van der Waals surface area contributed by atoms with Crippen molar-refractivity contribution in [3.05, 3.63) is 16.4 Å². The minimum Gasteiger partial charge on any atom is -0.328 e. The Labute approximate surface area is 114 Å². The number of piperidine rings is 1. The Bertz CT molecular complexity index is 413. The fourth-order valence-electron chi connectivity index (χ4n) is 2.73. The summed E-state index contributed by atoms with van der Waals surface area (Å²) in [5.74, 6) is 0.604. The van der Waals surface area contributed by atoms with E-state index in [1.54, 1.807) is 0 Å². The lowest BCUT2D eigenvalue weighted by molar-refractivity contribution is 0.151. The molecule has 0 bridgehead atoms. The first kappa shape index (κ1) is 13.8. The van der Waals surface area contributed by atoms with Gasteiger partial charge in [-0.1, -0.05) is 11.6 Å². The van der Waals surface area contributed by atoms with Gasteiger partial charge in [0, 0.05) is 26.2 Å². The predicted molar refractivity (Wildman–Crippen MR) is 74.6 cm³/mol. The summed E-state index contributed by atoms with van der Waals surface area (Å²) in [5, 5.41) is 5.17. The lowest BCUT2D eigenvalue weighted by Crippen LogP contribution is -2.42. The van der Waals surface area contributed by atoms with E-state index in [0.717, 1.165) is 36.0 Å². The zero-order valence-corrected chi connectivity index (χ0v) is 12.2. The first-order valence-corrected chi connectivity index (χ1v) is 7.02. The molecule has 1 aromatic heterocycles. The number of rotatable bonds is 3. The molecule has 0 aliphatic carbocycles. The first-order chi connectivity index (χ1) is 8.49. The van der Waals surface area contributed by atoms with Crippen molar-refractivity contribution >= 4 is 11.6 Å². The third-order valence-corrected chi connectivity index (χ3v) is 4.41. The maximum Gasteiger partial charge on any atom is 0.0860 e. The van der Waals surface area contributed by atoms with Gasteiger partial charge in [0.15, 0.2) is 0 Å². The molecule has 18 heavy (non-hydrogen) atoms. The van der Waals surface area contributed by atoms with Gasteiger partial charge in [-0.25, -0.2) is 0 Å². The maximum atomic E-state index is 6.30. The molecule has 2 heterocycles. The quantitative estimate of drug-likeness (QED) is 0.913. The standard InChI is InChI=1S/C13H23ClN4/c1-9(15)11-5-4-6-18(7-11)8-12-13(14)10(2)16-17(12)3/h9,11H,4-8,15H2,1-3H3. The molecule has 0 aromatic carbocycles. The molecule has 4 nitrogen and oxygen atoms in total. The minimum absolute atomic E-state index is 0.275. The van der Waals surface area contributed by atoms with E-state index in [2.05, 4.69) is 16.9 Å². The molecular formula is C13H23ClN4. The van der Waals surface area contributed by atoms with Crippen LogP contribution in [0.2, 0.25) is 5.02 Å². The van der Waals surface area contributed by atoms with Gasteiger partial charge < -0.3 is 5.73 Å². The molecule has 0 amide bonds. The Morgan fingerprint density at radius 2 is 2.28 bits per heavy atom. The Morgan fingerprint density at radius 3 is 2.83 bits per heavy atom. The summed E-state index contributed by atoms with van der Waals surface area (Å²) in [7, 11) is 1.96. The second kappa shape index (κ2) is 5.59. The number of hydrogen-bond donors (Lipinski definition) is 1. The fraction of sp³-hybridized carbons (Fsp3) is 0.769. The Kier molecular flexibility index (Phi) is 4.30. The molecule has 0 saturated carbocycles. The van der Waals surface area contributed by atoms with Crippen LogP contribution in [0.25, 0.3) is 0 Å². The van der Waals surface area contributed by atoms with E-state index in [1.807, 2.05) is 18.7 Å². The first-order valence-electron chi connectivity index (χ1n) is 6.65. The monoisotopic (exact) mass is 270 g/mol. The van der Waals surface area contributed by atoms with Crippen molar-refractivity contribution in [2.45, 2.75) is 39.3 Å². The number of aromatic nitrogens is 2. The molecule has 1 aromatic rings. The SMILES string of the molecule is Cc1nn(C)c(CN2CCCC(C(C)N)C2)c1Cl. The molecule has 0 spiro atoms. The molecule has 1 aliphatic rings. The van der Waals surface area contributed by atoms with Crippen LogP contribution in [0.15, 0.2) is 0 Å². The number of hydrogen-bond acceptors (Lipinski definition) is 3. The van der Waals surface area contributed by atoms with Crippen LogP contribution in [0.1, 0.15) is 31.2 Å².